The monoisotopic (exact) mass is 846 g/mol. The molecule has 0 aliphatic carbocycles. The minimum absolute atomic E-state index is 0.0559. The molecule has 1 aromatic heterocycles. The predicted octanol–water partition coefficient (Wildman–Crippen LogP) is 0.821. The summed E-state index contributed by atoms with van der Waals surface area (Å²) in [5, 5.41) is 82.3. The van der Waals surface area contributed by atoms with E-state index in [-0.39, 0.29) is 12.5 Å². The molecule has 18 heteroatoms. The Labute approximate surface area is 352 Å². The van der Waals surface area contributed by atoms with Gasteiger partial charge in [-0.15, -0.1) is 5.10 Å². The SMILES string of the molecule is CCN(CC)c1ccc2c(c1)Oc1cc(N(CC)CC)ccc1C21c2ccccc2C(=O)N1Cc1cn(C2OC(CO)C(OC3OC(CO)C(O)C(O)C3O)C(O)C2O)nn1. The van der Waals surface area contributed by atoms with Gasteiger partial charge in [0.25, 0.3) is 5.91 Å². The molecule has 61 heavy (non-hydrogen) atoms. The molecule has 10 atom stereocenters. The van der Waals surface area contributed by atoms with Gasteiger partial charge in [-0.1, -0.05) is 35.5 Å². The van der Waals surface area contributed by atoms with Gasteiger partial charge in [0.05, 0.1) is 26.0 Å². The fourth-order valence-electron chi connectivity index (χ4n) is 9.28. The minimum Gasteiger partial charge on any atom is -0.456 e. The van der Waals surface area contributed by atoms with Gasteiger partial charge in [0.1, 0.15) is 71.6 Å². The molecule has 4 aliphatic rings. The minimum atomic E-state index is -1.80. The smallest absolute Gasteiger partial charge is 0.255 e. The molecule has 10 unspecified atom stereocenters. The van der Waals surface area contributed by atoms with Crippen molar-refractivity contribution in [2.24, 2.45) is 0 Å². The van der Waals surface area contributed by atoms with Gasteiger partial charge in [-0.3, -0.25) is 4.79 Å². The first-order valence-electron chi connectivity index (χ1n) is 20.8. The van der Waals surface area contributed by atoms with E-state index in [1.807, 2.05) is 60.7 Å². The molecule has 8 rings (SSSR count). The third kappa shape index (κ3) is 7.04. The number of fused-ring (bicyclic) bond motifs is 6. The van der Waals surface area contributed by atoms with Gasteiger partial charge in [0.2, 0.25) is 0 Å². The average Bonchev–Trinajstić information content (AvgIpc) is 3.84. The van der Waals surface area contributed by atoms with Crippen molar-refractivity contribution < 1.29 is 59.5 Å². The number of nitrogens with zero attached hydrogens (tertiary/aromatic N) is 6. The summed E-state index contributed by atoms with van der Waals surface area (Å²) in [5.41, 5.74) is 3.92. The fourth-order valence-corrected chi connectivity index (χ4v) is 9.28. The van der Waals surface area contributed by atoms with E-state index in [1.54, 1.807) is 4.90 Å². The quantitative estimate of drug-likeness (QED) is 0.0987. The summed E-state index contributed by atoms with van der Waals surface area (Å²) in [6.45, 7) is 10.0. The number of aliphatic hydroxyl groups is 7. The lowest BCUT2D eigenvalue weighted by Gasteiger charge is -2.46. The number of carbonyl (C=O) groups excluding carboxylic acids is 1. The van der Waals surface area contributed by atoms with Crippen molar-refractivity contribution >= 4 is 17.3 Å². The van der Waals surface area contributed by atoms with Crippen LogP contribution in [0.2, 0.25) is 0 Å². The topological polar surface area (TPSA) is 236 Å². The number of aromatic nitrogens is 3. The molecule has 18 nitrogen and oxygen atoms in total. The fraction of sp³-hybridized carbons (Fsp3) is 0.512. The summed E-state index contributed by atoms with van der Waals surface area (Å²) in [7, 11) is 0. The van der Waals surface area contributed by atoms with Crippen LogP contribution in [-0.2, 0) is 26.3 Å². The molecule has 7 N–H and O–H groups in total. The molecule has 3 aromatic carbocycles. The van der Waals surface area contributed by atoms with Crippen LogP contribution in [0.25, 0.3) is 0 Å². The van der Waals surface area contributed by atoms with E-state index in [2.05, 4.69) is 47.8 Å². The van der Waals surface area contributed by atoms with Gasteiger partial charge in [-0.2, -0.15) is 0 Å². The van der Waals surface area contributed by atoms with Crippen LogP contribution in [0.15, 0.2) is 66.9 Å². The summed E-state index contributed by atoms with van der Waals surface area (Å²) in [4.78, 5) is 21.0. The molecule has 2 fully saturated rings. The van der Waals surface area contributed by atoms with Crippen LogP contribution in [-0.4, -0.2) is 156 Å². The maximum Gasteiger partial charge on any atom is 0.255 e. The third-order valence-corrected chi connectivity index (χ3v) is 12.5. The molecule has 1 amide bonds. The van der Waals surface area contributed by atoms with Crippen molar-refractivity contribution in [3.05, 3.63) is 94.8 Å². The van der Waals surface area contributed by atoms with E-state index in [4.69, 9.17) is 18.9 Å². The zero-order valence-electron chi connectivity index (χ0n) is 34.4. The molecule has 0 saturated carbocycles. The highest BCUT2D eigenvalue weighted by Gasteiger charge is 2.57. The number of hydrogen-bond donors (Lipinski definition) is 7. The molecule has 2 saturated heterocycles. The van der Waals surface area contributed by atoms with Gasteiger partial charge < -0.3 is 69.4 Å². The molecule has 4 aliphatic heterocycles. The summed E-state index contributed by atoms with van der Waals surface area (Å²) in [5.74, 6) is 0.965. The summed E-state index contributed by atoms with van der Waals surface area (Å²) < 4.78 is 25.2. The highest BCUT2D eigenvalue weighted by Crippen LogP contribution is 2.58. The summed E-state index contributed by atoms with van der Waals surface area (Å²) in [6.07, 6.45) is -14.4. The van der Waals surface area contributed by atoms with Gasteiger partial charge in [-0.25, -0.2) is 4.68 Å². The van der Waals surface area contributed by atoms with Crippen molar-refractivity contribution in [3.8, 4) is 11.5 Å². The van der Waals surface area contributed by atoms with Crippen molar-refractivity contribution in [1.29, 1.82) is 0 Å². The Morgan fingerprint density at radius 1 is 0.721 bits per heavy atom. The number of amides is 1. The van der Waals surface area contributed by atoms with Crippen LogP contribution in [0, 0.1) is 0 Å². The lowest BCUT2D eigenvalue weighted by Crippen LogP contribution is -2.63. The van der Waals surface area contributed by atoms with Crippen molar-refractivity contribution in [2.45, 2.75) is 101 Å². The van der Waals surface area contributed by atoms with E-state index in [0.29, 0.717) is 22.8 Å². The second kappa shape index (κ2) is 17.2. The van der Waals surface area contributed by atoms with Crippen molar-refractivity contribution in [1.82, 2.24) is 19.9 Å². The van der Waals surface area contributed by atoms with Crippen LogP contribution in [0.3, 0.4) is 0 Å². The summed E-state index contributed by atoms with van der Waals surface area (Å²) >= 11 is 0. The Morgan fingerprint density at radius 3 is 1.92 bits per heavy atom. The van der Waals surface area contributed by atoms with Gasteiger partial charge in [0, 0.05) is 66.4 Å². The lowest BCUT2D eigenvalue weighted by molar-refractivity contribution is -0.347. The number of hydrogen-bond acceptors (Lipinski definition) is 16. The molecule has 5 heterocycles. The maximum absolute atomic E-state index is 14.8. The number of ether oxygens (including phenoxy) is 4. The first-order valence-corrected chi connectivity index (χ1v) is 20.8. The maximum atomic E-state index is 14.8. The first-order chi connectivity index (χ1) is 29.4. The van der Waals surface area contributed by atoms with Crippen LogP contribution in [0.1, 0.15) is 66.7 Å². The number of carbonyl (C=O) groups is 1. The van der Waals surface area contributed by atoms with Gasteiger partial charge >= 0.3 is 0 Å². The Morgan fingerprint density at radius 2 is 1.33 bits per heavy atom. The lowest BCUT2D eigenvalue weighted by atomic mass is 9.74. The van der Waals surface area contributed by atoms with E-state index in [1.165, 1.54) is 10.9 Å². The Balaban J connectivity index is 1.15. The molecule has 4 aromatic rings. The molecule has 1 spiro atoms. The third-order valence-electron chi connectivity index (χ3n) is 12.5. The van der Waals surface area contributed by atoms with Gasteiger partial charge in [-0.05, 0) is 51.5 Å². The normalized spacial score (nSPS) is 28.9. The largest absolute Gasteiger partial charge is 0.456 e. The van der Waals surface area contributed by atoms with Crippen LogP contribution >= 0.6 is 0 Å². The number of anilines is 2. The predicted molar refractivity (Wildman–Crippen MR) is 218 cm³/mol. The number of rotatable bonds is 13. The van der Waals surface area contributed by atoms with Gasteiger partial charge in [0.15, 0.2) is 12.5 Å². The zero-order chi connectivity index (χ0) is 43.3. The first kappa shape index (κ1) is 42.9. The Bertz CT molecular complexity index is 2130. The molecular weight excluding hydrogens is 793 g/mol. The molecule has 0 bridgehead atoms. The van der Waals surface area contributed by atoms with Crippen molar-refractivity contribution in [3.63, 3.8) is 0 Å². The van der Waals surface area contributed by atoms with E-state index < -0.39 is 80.1 Å². The van der Waals surface area contributed by atoms with Crippen molar-refractivity contribution in [2.75, 3.05) is 49.2 Å². The van der Waals surface area contributed by atoms with E-state index in [0.717, 1.165) is 54.2 Å². The second-order valence-corrected chi connectivity index (χ2v) is 15.7. The number of aliphatic hydroxyl groups excluding tert-OH is 7. The van der Waals surface area contributed by atoms with E-state index in [9.17, 15) is 40.5 Å². The summed E-state index contributed by atoms with van der Waals surface area (Å²) in [6, 6.07) is 19.7. The highest BCUT2D eigenvalue weighted by molar-refractivity contribution is 6.02. The zero-order valence-corrected chi connectivity index (χ0v) is 34.4. The van der Waals surface area contributed by atoms with Crippen LogP contribution in [0.5, 0.6) is 11.5 Å². The number of benzene rings is 3. The van der Waals surface area contributed by atoms with E-state index >= 15 is 0 Å². The standard InChI is InChI=1S/C43H54N6O12/c1-5-46(6-2)24-13-15-28-30(17-24)58-31-18-25(47(7-3)8-4)14-16-29(31)43(28)27-12-10-9-11-26(27)40(57)48(43)19-23-20-49(45-44-23)41-37(55)36(54)39(33(22-51)59-41)61-42-38(56)35(53)34(52)32(21-50)60-42/h9-18,20,32-39,41-42,50-56H,5-8,19,21-22H2,1-4H3. The molecule has 328 valence electrons. The Kier molecular flexibility index (Phi) is 12.1. The second-order valence-electron chi connectivity index (χ2n) is 15.7. The molecule has 0 radical (unpaired) electrons. The van der Waals surface area contributed by atoms with Crippen LogP contribution in [0.4, 0.5) is 11.4 Å². The molecular formula is C43H54N6O12. The average molecular weight is 847 g/mol. The Hall–Kier alpha value is -4.73. The van der Waals surface area contributed by atoms with Crippen LogP contribution < -0.4 is 14.5 Å². The highest BCUT2D eigenvalue weighted by atomic mass is 16.7.